The number of halogens is 1. The quantitative estimate of drug-likeness (QED) is 0.479. The van der Waals surface area contributed by atoms with E-state index in [0.717, 1.165) is 12.8 Å². The van der Waals surface area contributed by atoms with Gasteiger partial charge in [-0.15, -0.1) is 0 Å². The van der Waals surface area contributed by atoms with E-state index in [4.69, 9.17) is 17.0 Å². The van der Waals surface area contributed by atoms with Gasteiger partial charge in [-0.25, -0.2) is 0 Å². The van der Waals surface area contributed by atoms with Gasteiger partial charge < -0.3 is 5.41 Å². The van der Waals surface area contributed by atoms with E-state index in [9.17, 15) is 4.79 Å². The maximum atomic E-state index is 10.2. The van der Waals surface area contributed by atoms with Crippen LogP contribution in [0.5, 0.6) is 0 Å². The third kappa shape index (κ3) is 4.15. The second-order valence-corrected chi connectivity index (χ2v) is 2.20. The van der Waals surface area contributed by atoms with Crippen LogP contribution in [0, 0.1) is 5.41 Å². The third-order valence-electron chi connectivity index (χ3n) is 1.02. The molecule has 0 radical (unpaired) electrons. The zero-order valence-corrected chi connectivity index (χ0v) is 6.16. The Labute approximate surface area is 59.7 Å². The van der Waals surface area contributed by atoms with Crippen LogP contribution < -0.4 is 0 Å². The van der Waals surface area contributed by atoms with Crippen LogP contribution in [-0.2, 0) is 4.79 Å². The van der Waals surface area contributed by atoms with Crippen LogP contribution in [0.4, 0.5) is 0 Å². The lowest BCUT2D eigenvalue weighted by molar-refractivity contribution is -0.106. The maximum absolute atomic E-state index is 10.2. The molecule has 0 aromatic heterocycles. The molecule has 0 atom stereocenters. The highest BCUT2D eigenvalue weighted by Crippen LogP contribution is 1.97. The minimum Gasteiger partial charge on any atom is -0.300 e. The van der Waals surface area contributed by atoms with E-state index in [-0.39, 0.29) is 5.71 Å². The van der Waals surface area contributed by atoms with Gasteiger partial charge in [-0.05, 0) is 24.4 Å². The third-order valence-corrected chi connectivity index (χ3v) is 1.25. The predicted molar refractivity (Wildman–Crippen MR) is 38.1 cm³/mol. The standard InChI is InChI=1S/C6H10ClNO/c1-2-3-4-5(8)6(7)9/h8H,2-4H2,1H3. The summed E-state index contributed by atoms with van der Waals surface area (Å²) < 4.78 is 0. The first kappa shape index (κ1) is 8.63. The highest BCUT2D eigenvalue weighted by molar-refractivity contribution is 6.81. The lowest BCUT2D eigenvalue weighted by Crippen LogP contribution is -2.04. The van der Waals surface area contributed by atoms with Crippen molar-refractivity contribution in [1.29, 1.82) is 5.41 Å². The monoisotopic (exact) mass is 147 g/mol. The Morgan fingerprint density at radius 1 is 1.67 bits per heavy atom. The molecule has 1 N–H and O–H groups in total. The average molecular weight is 148 g/mol. The summed E-state index contributed by atoms with van der Waals surface area (Å²) >= 11 is 5.00. The van der Waals surface area contributed by atoms with Crippen LogP contribution in [0.25, 0.3) is 0 Å². The first-order valence-corrected chi connectivity index (χ1v) is 3.33. The molecule has 0 heterocycles. The Bertz CT molecular complexity index is 122. The molecular weight excluding hydrogens is 138 g/mol. The zero-order valence-electron chi connectivity index (χ0n) is 5.41. The van der Waals surface area contributed by atoms with Gasteiger partial charge in [0.25, 0.3) is 5.24 Å². The number of rotatable bonds is 4. The van der Waals surface area contributed by atoms with E-state index < -0.39 is 5.24 Å². The van der Waals surface area contributed by atoms with Crippen LogP contribution in [0.1, 0.15) is 26.2 Å². The van der Waals surface area contributed by atoms with E-state index in [1.54, 1.807) is 0 Å². The first-order chi connectivity index (χ1) is 4.18. The van der Waals surface area contributed by atoms with Gasteiger partial charge in [0.1, 0.15) is 0 Å². The Morgan fingerprint density at radius 3 is 2.56 bits per heavy atom. The fraction of sp³-hybridized carbons (Fsp3) is 0.667. The van der Waals surface area contributed by atoms with Crippen LogP contribution in [-0.4, -0.2) is 11.0 Å². The normalized spacial score (nSPS) is 9.11. The molecule has 52 valence electrons. The Kier molecular flexibility index (Phi) is 4.32. The van der Waals surface area contributed by atoms with Crippen molar-refractivity contribution in [2.24, 2.45) is 0 Å². The summed E-state index contributed by atoms with van der Waals surface area (Å²) in [6, 6.07) is 0. The van der Waals surface area contributed by atoms with Crippen molar-refractivity contribution in [3.63, 3.8) is 0 Å². The number of unbranched alkanes of at least 4 members (excludes halogenated alkanes) is 1. The van der Waals surface area contributed by atoms with Gasteiger partial charge in [-0.1, -0.05) is 13.3 Å². The smallest absolute Gasteiger partial charge is 0.265 e. The fourth-order valence-corrected chi connectivity index (χ4v) is 0.546. The zero-order chi connectivity index (χ0) is 7.28. The van der Waals surface area contributed by atoms with Gasteiger partial charge in [-0.3, -0.25) is 4.79 Å². The molecular formula is C6H10ClNO. The van der Waals surface area contributed by atoms with Crippen molar-refractivity contribution in [2.75, 3.05) is 0 Å². The van der Waals surface area contributed by atoms with E-state index in [0.29, 0.717) is 6.42 Å². The maximum Gasteiger partial charge on any atom is 0.265 e. The highest BCUT2D eigenvalue weighted by Gasteiger charge is 2.02. The minimum absolute atomic E-state index is 0.0264. The van der Waals surface area contributed by atoms with Crippen molar-refractivity contribution < 1.29 is 4.79 Å². The number of hydrogen-bond donors (Lipinski definition) is 1. The Morgan fingerprint density at radius 2 is 2.22 bits per heavy atom. The largest absolute Gasteiger partial charge is 0.300 e. The second-order valence-electron chi connectivity index (χ2n) is 1.86. The molecule has 0 spiro atoms. The van der Waals surface area contributed by atoms with E-state index >= 15 is 0 Å². The van der Waals surface area contributed by atoms with Crippen LogP contribution in [0.15, 0.2) is 0 Å². The minimum atomic E-state index is -0.622. The Hall–Kier alpha value is -0.370. The summed E-state index contributed by atoms with van der Waals surface area (Å²) in [5, 5.41) is 6.34. The molecule has 0 rings (SSSR count). The molecule has 0 aliphatic carbocycles. The molecule has 0 fully saturated rings. The lowest BCUT2D eigenvalue weighted by Gasteiger charge is -1.92. The SMILES string of the molecule is CCCCC(=N)C(=O)Cl. The molecule has 9 heavy (non-hydrogen) atoms. The van der Waals surface area contributed by atoms with Crippen LogP contribution in [0.3, 0.4) is 0 Å². The molecule has 0 saturated carbocycles. The molecule has 0 bridgehead atoms. The first-order valence-electron chi connectivity index (χ1n) is 2.95. The van der Waals surface area contributed by atoms with Gasteiger partial charge in [0.05, 0.1) is 5.71 Å². The molecule has 3 heteroatoms. The Balaban J connectivity index is 3.39. The number of carbonyl (C=O) groups is 1. The number of nitrogens with one attached hydrogen (secondary N) is 1. The molecule has 0 aliphatic heterocycles. The molecule has 0 saturated heterocycles. The summed E-state index contributed by atoms with van der Waals surface area (Å²) in [4.78, 5) is 10.2. The molecule has 0 aliphatic rings. The van der Waals surface area contributed by atoms with Crippen molar-refractivity contribution >= 4 is 22.6 Å². The summed E-state index contributed by atoms with van der Waals surface area (Å²) in [5.74, 6) is 0. The van der Waals surface area contributed by atoms with Gasteiger partial charge in [-0.2, -0.15) is 0 Å². The van der Waals surface area contributed by atoms with Crippen molar-refractivity contribution in [2.45, 2.75) is 26.2 Å². The summed E-state index contributed by atoms with van der Waals surface area (Å²) in [6.07, 6.45) is 2.38. The van der Waals surface area contributed by atoms with Gasteiger partial charge in [0.2, 0.25) is 0 Å². The van der Waals surface area contributed by atoms with Crippen molar-refractivity contribution in [1.82, 2.24) is 0 Å². The van der Waals surface area contributed by atoms with Crippen molar-refractivity contribution in [3.8, 4) is 0 Å². The number of hydrogen-bond acceptors (Lipinski definition) is 2. The van der Waals surface area contributed by atoms with E-state index in [1.165, 1.54) is 0 Å². The van der Waals surface area contributed by atoms with E-state index in [2.05, 4.69) is 0 Å². The predicted octanol–water partition coefficient (Wildman–Crippen LogP) is 1.96. The molecule has 0 unspecified atom stereocenters. The summed E-state index contributed by atoms with van der Waals surface area (Å²) in [5.41, 5.74) is 0.0264. The second kappa shape index (κ2) is 4.50. The average Bonchev–Trinajstić information content (AvgIpc) is 1.82. The van der Waals surface area contributed by atoms with Crippen LogP contribution in [0.2, 0.25) is 0 Å². The number of carbonyl (C=O) groups excluding carboxylic acids is 1. The summed E-state index contributed by atoms with van der Waals surface area (Å²) in [6.45, 7) is 2.01. The van der Waals surface area contributed by atoms with Gasteiger partial charge in [0.15, 0.2) is 0 Å². The van der Waals surface area contributed by atoms with Crippen molar-refractivity contribution in [3.05, 3.63) is 0 Å². The lowest BCUT2D eigenvalue weighted by atomic mass is 10.2. The summed E-state index contributed by atoms with van der Waals surface area (Å²) in [7, 11) is 0. The topological polar surface area (TPSA) is 40.9 Å². The van der Waals surface area contributed by atoms with Crippen LogP contribution >= 0.6 is 11.6 Å². The molecule has 2 nitrogen and oxygen atoms in total. The van der Waals surface area contributed by atoms with Gasteiger partial charge in [0, 0.05) is 0 Å². The fourth-order valence-electron chi connectivity index (χ4n) is 0.452. The molecule has 0 aromatic rings. The molecule has 0 aromatic carbocycles. The highest BCUT2D eigenvalue weighted by atomic mass is 35.5. The molecule has 0 amide bonds. The van der Waals surface area contributed by atoms with E-state index in [1.807, 2.05) is 6.92 Å². The van der Waals surface area contributed by atoms with Gasteiger partial charge >= 0.3 is 0 Å².